The zero-order valence-corrected chi connectivity index (χ0v) is 8.65. The predicted molar refractivity (Wildman–Crippen MR) is 57.9 cm³/mol. The highest BCUT2D eigenvalue weighted by atomic mass is 14.2. The molecule has 0 atom stereocenters. The van der Waals surface area contributed by atoms with Crippen molar-refractivity contribution in [3.63, 3.8) is 0 Å². The van der Waals surface area contributed by atoms with Gasteiger partial charge in [0.25, 0.3) is 0 Å². The lowest BCUT2D eigenvalue weighted by Gasteiger charge is -2.18. The maximum absolute atomic E-state index is 2.35. The molecule has 0 bridgehead atoms. The van der Waals surface area contributed by atoms with Crippen LogP contribution in [0.4, 0.5) is 0 Å². The molecule has 0 aliphatic heterocycles. The molecule has 13 heavy (non-hydrogen) atoms. The Bertz CT molecular complexity index is 370. The fourth-order valence-electron chi connectivity index (χ4n) is 2.36. The molecule has 0 spiro atoms. The van der Waals surface area contributed by atoms with Crippen LogP contribution in [0.5, 0.6) is 0 Å². The summed E-state index contributed by atoms with van der Waals surface area (Å²) >= 11 is 0. The number of fused-ring (bicyclic) bond motifs is 1. The van der Waals surface area contributed by atoms with Crippen LogP contribution in [0.25, 0.3) is 5.57 Å². The van der Waals surface area contributed by atoms with Crippen LogP contribution in [0.2, 0.25) is 0 Å². The van der Waals surface area contributed by atoms with E-state index in [0.717, 1.165) is 0 Å². The Balaban J connectivity index is 2.66. The van der Waals surface area contributed by atoms with Crippen LogP contribution >= 0.6 is 0 Å². The lowest BCUT2D eigenvalue weighted by molar-refractivity contribution is 0.966. The summed E-state index contributed by atoms with van der Waals surface area (Å²) in [5.41, 5.74) is 7.32. The highest BCUT2D eigenvalue weighted by Gasteiger charge is 2.11. The van der Waals surface area contributed by atoms with E-state index in [1.807, 2.05) is 0 Å². The predicted octanol–water partition coefficient (Wildman–Crippen LogP) is 3.65. The van der Waals surface area contributed by atoms with Gasteiger partial charge in [-0.15, -0.1) is 0 Å². The number of hydrogen-bond acceptors (Lipinski definition) is 0. The van der Waals surface area contributed by atoms with Crippen LogP contribution < -0.4 is 0 Å². The molecule has 1 aromatic rings. The Hall–Kier alpha value is -1.04. The summed E-state index contributed by atoms with van der Waals surface area (Å²) in [6.45, 7) is 6.62. The maximum Gasteiger partial charge on any atom is -0.0169 e. The summed E-state index contributed by atoms with van der Waals surface area (Å²) in [6, 6.07) is 4.61. The second-order valence-electron chi connectivity index (χ2n) is 4.04. The first-order chi connectivity index (χ1) is 6.18. The minimum atomic E-state index is 1.21. The van der Waals surface area contributed by atoms with Gasteiger partial charge in [0.1, 0.15) is 0 Å². The van der Waals surface area contributed by atoms with Crippen molar-refractivity contribution >= 4 is 5.57 Å². The first kappa shape index (κ1) is 8.55. The average molecular weight is 172 g/mol. The van der Waals surface area contributed by atoms with Crippen LogP contribution in [0.3, 0.4) is 0 Å². The van der Waals surface area contributed by atoms with Crippen molar-refractivity contribution in [1.82, 2.24) is 0 Å². The highest BCUT2D eigenvalue weighted by Crippen LogP contribution is 2.29. The molecule has 0 aromatic heterocycles. The normalized spacial score (nSPS) is 15.2. The maximum atomic E-state index is 2.35. The van der Waals surface area contributed by atoms with E-state index in [1.54, 1.807) is 0 Å². The van der Waals surface area contributed by atoms with Crippen LogP contribution in [0.15, 0.2) is 18.2 Å². The van der Waals surface area contributed by atoms with E-state index < -0.39 is 0 Å². The first-order valence-corrected chi connectivity index (χ1v) is 4.96. The largest absolute Gasteiger partial charge is 0.0807 e. The molecule has 0 fully saturated rings. The zero-order chi connectivity index (χ0) is 9.42. The van der Waals surface area contributed by atoms with Gasteiger partial charge >= 0.3 is 0 Å². The molecule has 0 radical (unpaired) electrons. The summed E-state index contributed by atoms with van der Waals surface area (Å²) in [5, 5.41) is 0. The van der Waals surface area contributed by atoms with Gasteiger partial charge in [-0.25, -0.2) is 0 Å². The Morgan fingerprint density at radius 2 is 1.85 bits per heavy atom. The molecule has 0 N–H and O–H groups in total. The lowest BCUT2D eigenvalue weighted by atomic mass is 9.87. The van der Waals surface area contributed by atoms with Crippen molar-refractivity contribution < 1.29 is 0 Å². The minimum Gasteiger partial charge on any atom is -0.0807 e. The molecular formula is C13H16. The molecule has 1 aliphatic carbocycles. The van der Waals surface area contributed by atoms with E-state index in [9.17, 15) is 0 Å². The SMILES string of the molecule is CC1=CCCc2cc(C)cc(C)c21. The molecule has 0 saturated heterocycles. The van der Waals surface area contributed by atoms with E-state index in [-0.39, 0.29) is 0 Å². The van der Waals surface area contributed by atoms with Gasteiger partial charge in [-0.1, -0.05) is 23.8 Å². The Morgan fingerprint density at radius 3 is 2.62 bits per heavy atom. The van der Waals surface area contributed by atoms with Gasteiger partial charge in [-0.2, -0.15) is 0 Å². The van der Waals surface area contributed by atoms with E-state index in [0.29, 0.717) is 0 Å². The topological polar surface area (TPSA) is 0 Å². The number of rotatable bonds is 0. The fraction of sp³-hybridized carbons (Fsp3) is 0.385. The van der Waals surface area contributed by atoms with E-state index in [2.05, 4.69) is 39.0 Å². The molecule has 1 aliphatic rings. The van der Waals surface area contributed by atoms with Gasteiger partial charge < -0.3 is 0 Å². The number of hydrogen-bond donors (Lipinski definition) is 0. The fourth-order valence-corrected chi connectivity index (χ4v) is 2.36. The quantitative estimate of drug-likeness (QED) is 0.560. The first-order valence-electron chi connectivity index (χ1n) is 4.96. The van der Waals surface area contributed by atoms with Crippen molar-refractivity contribution in [2.24, 2.45) is 0 Å². The third-order valence-electron chi connectivity index (χ3n) is 2.82. The van der Waals surface area contributed by atoms with E-state index in [4.69, 9.17) is 0 Å². The van der Waals surface area contributed by atoms with Crippen LogP contribution in [0.1, 0.15) is 35.6 Å². The number of benzene rings is 1. The summed E-state index contributed by atoms with van der Waals surface area (Å²) in [4.78, 5) is 0. The van der Waals surface area contributed by atoms with Crippen LogP contribution in [0, 0.1) is 13.8 Å². The van der Waals surface area contributed by atoms with Gasteiger partial charge in [-0.3, -0.25) is 0 Å². The van der Waals surface area contributed by atoms with Gasteiger partial charge in [0, 0.05) is 0 Å². The molecule has 0 saturated carbocycles. The second-order valence-corrected chi connectivity index (χ2v) is 4.04. The Labute approximate surface area is 80.3 Å². The molecule has 0 unspecified atom stereocenters. The average Bonchev–Trinajstić information content (AvgIpc) is 2.02. The van der Waals surface area contributed by atoms with Crippen LogP contribution in [-0.4, -0.2) is 0 Å². The Kier molecular flexibility index (Phi) is 1.99. The van der Waals surface area contributed by atoms with Gasteiger partial charge in [-0.05, 0) is 55.9 Å². The zero-order valence-electron chi connectivity index (χ0n) is 8.65. The molecule has 0 nitrogen and oxygen atoms in total. The monoisotopic (exact) mass is 172 g/mol. The standard InChI is InChI=1S/C13H16/c1-9-7-11(3)13-10(2)5-4-6-12(13)8-9/h5,7-8H,4,6H2,1-3H3. The van der Waals surface area contributed by atoms with Crippen molar-refractivity contribution in [2.75, 3.05) is 0 Å². The number of allylic oxidation sites excluding steroid dienone is 2. The summed E-state index contributed by atoms with van der Waals surface area (Å²) in [6.07, 6.45) is 4.78. The molecule has 0 heteroatoms. The third kappa shape index (κ3) is 1.41. The number of aryl methyl sites for hydroxylation is 3. The molecular weight excluding hydrogens is 156 g/mol. The van der Waals surface area contributed by atoms with Gasteiger partial charge in [0.05, 0.1) is 0 Å². The molecule has 1 aromatic carbocycles. The van der Waals surface area contributed by atoms with E-state index >= 15 is 0 Å². The lowest BCUT2D eigenvalue weighted by Crippen LogP contribution is -2.01. The molecule has 0 heterocycles. The van der Waals surface area contributed by atoms with Crippen molar-refractivity contribution in [1.29, 1.82) is 0 Å². The van der Waals surface area contributed by atoms with Crippen LogP contribution in [-0.2, 0) is 6.42 Å². The van der Waals surface area contributed by atoms with Gasteiger partial charge in [0.15, 0.2) is 0 Å². The van der Waals surface area contributed by atoms with Crippen molar-refractivity contribution in [3.8, 4) is 0 Å². The molecule has 2 rings (SSSR count). The summed E-state index contributed by atoms with van der Waals surface area (Å²) in [7, 11) is 0. The van der Waals surface area contributed by atoms with Crippen molar-refractivity contribution in [3.05, 3.63) is 40.5 Å². The minimum absolute atomic E-state index is 1.21. The summed E-state index contributed by atoms with van der Waals surface area (Å²) in [5.74, 6) is 0. The van der Waals surface area contributed by atoms with E-state index in [1.165, 1.54) is 40.7 Å². The molecule has 68 valence electrons. The smallest absolute Gasteiger partial charge is 0.0169 e. The second kappa shape index (κ2) is 3.02. The third-order valence-corrected chi connectivity index (χ3v) is 2.82. The highest BCUT2D eigenvalue weighted by molar-refractivity contribution is 5.71. The van der Waals surface area contributed by atoms with Gasteiger partial charge in [0.2, 0.25) is 0 Å². The summed E-state index contributed by atoms with van der Waals surface area (Å²) < 4.78 is 0. The van der Waals surface area contributed by atoms with Crippen molar-refractivity contribution in [2.45, 2.75) is 33.6 Å². The Morgan fingerprint density at radius 1 is 1.08 bits per heavy atom. The molecule has 0 amide bonds.